The molecule has 2 fully saturated rings. The minimum absolute atomic E-state index is 0.336. The molecular weight excluding hydrogens is 240 g/mol. The number of thioether (sulfide) groups is 1. The van der Waals surface area contributed by atoms with Crippen molar-refractivity contribution in [2.45, 2.75) is 64.3 Å². The van der Waals surface area contributed by atoms with E-state index in [1.165, 1.54) is 38.1 Å². The first kappa shape index (κ1) is 14.7. The van der Waals surface area contributed by atoms with Crippen LogP contribution in [0, 0.1) is 11.3 Å². The summed E-state index contributed by atoms with van der Waals surface area (Å²) in [6.45, 7) is 11.9. The molecule has 0 bridgehead atoms. The quantitative estimate of drug-likeness (QED) is 0.836. The van der Waals surface area contributed by atoms with E-state index in [9.17, 15) is 0 Å². The van der Waals surface area contributed by atoms with E-state index in [2.05, 4.69) is 44.4 Å². The summed E-state index contributed by atoms with van der Waals surface area (Å²) in [6, 6.07) is 1.09. The average molecular weight is 270 g/mol. The molecule has 0 aromatic carbocycles. The highest BCUT2D eigenvalue weighted by atomic mass is 32.2. The Hall–Kier alpha value is 0.270. The summed E-state index contributed by atoms with van der Waals surface area (Å²) in [4.78, 5) is 2.69. The summed E-state index contributed by atoms with van der Waals surface area (Å²) in [6.07, 6.45) is 3.99. The van der Waals surface area contributed by atoms with Crippen molar-refractivity contribution in [1.82, 2.24) is 4.90 Å². The molecule has 106 valence electrons. The van der Waals surface area contributed by atoms with Crippen LogP contribution < -0.4 is 5.73 Å². The summed E-state index contributed by atoms with van der Waals surface area (Å²) in [5.74, 6) is 1.99. The molecule has 1 aliphatic carbocycles. The minimum Gasteiger partial charge on any atom is -0.327 e. The van der Waals surface area contributed by atoms with Crippen molar-refractivity contribution >= 4 is 11.8 Å². The van der Waals surface area contributed by atoms with Crippen molar-refractivity contribution in [2.75, 3.05) is 18.8 Å². The van der Waals surface area contributed by atoms with Crippen LogP contribution >= 0.6 is 11.8 Å². The van der Waals surface area contributed by atoms with Crippen LogP contribution in [0.3, 0.4) is 0 Å². The first-order chi connectivity index (χ1) is 8.42. The maximum Gasteiger partial charge on any atom is 0.0184 e. The van der Waals surface area contributed by atoms with Crippen LogP contribution in [-0.2, 0) is 0 Å². The van der Waals surface area contributed by atoms with E-state index in [0.717, 1.165) is 5.25 Å². The van der Waals surface area contributed by atoms with Gasteiger partial charge >= 0.3 is 0 Å². The summed E-state index contributed by atoms with van der Waals surface area (Å²) in [5.41, 5.74) is 6.86. The lowest BCUT2D eigenvalue weighted by Crippen LogP contribution is -2.53. The molecule has 0 aromatic heterocycles. The van der Waals surface area contributed by atoms with Gasteiger partial charge in [-0.3, -0.25) is 4.90 Å². The molecule has 3 heteroatoms. The molecule has 1 heterocycles. The lowest BCUT2D eigenvalue weighted by Gasteiger charge is -2.46. The molecule has 0 radical (unpaired) electrons. The fourth-order valence-corrected chi connectivity index (χ4v) is 4.73. The Morgan fingerprint density at radius 3 is 2.78 bits per heavy atom. The van der Waals surface area contributed by atoms with Crippen LogP contribution in [0.2, 0.25) is 0 Å². The fourth-order valence-electron chi connectivity index (χ4n) is 3.56. The Morgan fingerprint density at radius 1 is 1.33 bits per heavy atom. The van der Waals surface area contributed by atoms with Gasteiger partial charge in [0.1, 0.15) is 0 Å². The van der Waals surface area contributed by atoms with Crippen molar-refractivity contribution < 1.29 is 0 Å². The van der Waals surface area contributed by atoms with E-state index in [0.29, 0.717) is 23.4 Å². The SMILES string of the molecule is CC1SCCN(CC2CCCC(C)(C)C2N)C1C. The van der Waals surface area contributed by atoms with E-state index in [1.807, 2.05) is 0 Å². The maximum absolute atomic E-state index is 6.52. The minimum atomic E-state index is 0.336. The highest BCUT2D eigenvalue weighted by molar-refractivity contribution is 8.00. The standard InChI is InChI=1S/C15H30N2S/c1-11-12(2)18-9-8-17(11)10-13-6-5-7-15(3,4)14(13)16/h11-14H,5-10,16H2,1-4H3. The molecule has 2 aliphatic rings. The summed E-state index contributed by atoms with van der Waals surface area (Å²) in [7, 11) is 0. The van der Waals surface area contributed by atoms with Gasteiger partial charge in [-0.1, -0.05) is 27.2 Å². The second kappa shape index (κ2) is 5.72. The Labute approximate surface area is 117 Å². The summed E-state index contributed by atoms with van der Waals surface area (Å²) in [5, 5.41) is 0.770. The molecule has 2 rings (SSSR count). The van der Waals surface area contributed by atoms with Gasteiger partial charge in [-0.15, -0.1) is 0 Å². The lowest BCUT2D eigenvalue weighted by molar-refractivity contribution is 0.0881. The van der Waals surface area contributed by atoms with Crippen LogP contribution in [0.4, 0.5) is 0 Å². The van der Waals surface area contributed by atoms with Crippen LogP contribution in [0.1, 0.15) is 47.0 Å². The van der Waals surface area contributed by atoms with Gasteiger partial charge in [-0.2, -0.15) is 11.8 Å². The zero-order chi connectivity index (χ0) is 13.3. The fraction of sp³-hybridized carbons (Fsp3) is 1.00. The lowest BCUT2D eigenvalue weighted by atomic mass is 9.68. The largest absolute Gasteiger partial charge is 0.327 e. The second-order valence-corrected chi connectivity index (χ2v) is 8.46. The van der Waals surface area contributed by atoms with Crippen LogP contribution in [0.25, 0.3) is 0 Å². The Bertz CT molecular complexity index is 280. The molecule has 0 aromatic rings. The monoisotopic (exact) mass is 270 g/mol. The predicted molar refractivity (Wildman–Crippen MR) is 82.1 cm³/mol. The number of nitrogens with two attached hydrogens (primary N) is 1. The molecule has 4 atom stereocenters. The predicted octanol–water partition coefficient (Wildman–Crippen LogP) is 2.97. The average Bonchev–Trinajstić information content (AvgIpc) is 2.31. The number of hydrogen-bond donors (Lipinski definition) is 1. The second-order valence-electron chi connectivity index (χ2n) is 6.98. The highest BCUT2D eigenvalue weighted by Gasteiger charge is 2.38. The third-order valence-electron chi connectivity index (χ3n) is 5.29. The van der Waals surface area contributed by atoms with Gasteiger partial charge < -0.3 is 5.73 Å². The van der Waals surface area contributed by atoms with E-state index < -0.39 is 0 Å². The van der Waals surface area contributed by atoms with Gasteiger partial charge in [0.2, 0.25) is 0 Å². The molecule has 1 aliphatic heterocycles. The Kier molecular flexibility index (Phi) is 4.66. The number of nitrogens with zero attached hydrogens (tertiary/aromatic N) is 1. The molecule has 1 saturated carbocycles. The summed E-state index contributed by atoms with van der Waals surface area (Å²) >= 11 is 2.12. The van der Waals surface area contributed by atoms with Crippen molar-refractivity contribution in [3.63, 3.8) is 0 Å². The van der Waals surface area contributed by atoms with E-state index in [-0.39, 0.29) is 0 Å². The highest BCUT2D eigenvalue weighted by Crippen LogP contribution is 2.38. The van der Waals surface area contributed by atoms with Crippen molar-refractivity contribution in [2.24, 2.45) is 17.1 Å². The van der Waals surface area contributed by atoms with Gasteiger partial charge in [0.25, 0.3) is 0 Å². The molecule has 4 unspecified atom stereocenters. The Balaban J connectivity index is 1.96. The first-order valence-electron chi connectivity index (χ1n) is 7.53. The first-order valence-corrected chi connectivity index (χ1v) is 8.58. The van der Waals surface area contributed by atoms with Gasteiger partial charge in [-0.05, 0) is 31.1 Å². The molecule has 2 N–H and O–H groups in total. The molecule has 2 nitrogen and oxygen atoms in total. The third-order valence-corrected chi connectivity index (χ3v) is 6.63. The van der Waals surface area contributed by atoms with E-state index in [4.69, 9.17) is 5.73 Å². The van der Waals surface area contributed by atoms with E-state index >= 15 is 0 Å². The zero-order valence-corrected chi connectivity index (χ0v) is 13.3. The van der Waals surface area contributed by atoms with Gasteiger partial charge in [-0.25, -0.2) is 0 Å². The molecule has 18 heavy (non-hydrogen) atoms. The topological polar surface area (TPSA) is 29.3 Å². The van der Waals surface area contributed by atoms with Crippen molar-refractivity contribution in [3.8, 4) is 0 Å². The van der Waals surface area contributed by atoms with Gasteiger partial charge in [0, 0.05) is 36.2 Å². The van der Waals surface area contributed by atoms with Gasteiger partial charge in [0.15, 0.2) is 0 Å². The molecule has 0 spiro atoms. The van der Waals surface area contributed by atoms with Gasteiger partial charge in [0.05, 0.1) is 0 Å². The molecule has 1 saturated heterocycles. The maximum atomic E-state index is 6.52. The van der Waals surface area contributed by atoms with Crippen LogP contribution in [0.5, 0.6) is 0 Å². The van der Waals surface area contributed by atoms with Crippen molar-refractivity contribution in [1.29, 1.82) is 0 Å². The zero-order valence-electron chi connectivity index (χ0n) is 12.5. The van der Waals surface area contributed by atoms with Crippen LogP contribution in [0.15, 0.2) is 0 Å². The van der Waals surface area contributed by atoms with Crippen molar-refractivity contribution in [3.05, 3.63) is 0 Å². The third kappa shape index (κ3) is 3.05. The van der Waals surface area contributed by atoms with E-state index in [1.54, 1.807) is 0 Å². The smallest absolute Gasteiger partial charge is 0.0184 e. The number of rotatable bonds is 2. The van der Waals surface area contributed by atoms with Crippen LogP contribution in [-0.4, -0.2) is 41.1 Å². The summed E-state index contributed by atoms with van der Waals surface area (Å²) < 4.78 is 0. The molecule has 0 amide bonds. The normalized spacial score (nSPS) is 41.8. The number of hydrogen-bond acceptors (Lipinski definition) is 3. The molecular formula is C15H30N2S. The Morgan fingerprint density at radius 2 is 2.06 bits per heavy atom.